The van der Waals surface area contributed by atoms with Crippen LogP contribution in [-0.4, -0.2) is 54.7 Å². The normalized spacial score (nSPS) is 26.4. The summed E-state index contributed by atoms with van der Waals surface area (Å²) in [4.78, 5) is 26.6. The van der Waals surface area contributed by atoms with Gasteiger partial charge in [-0.1, -0.05) is 6.07 Å². The number of nitrogens with one attached hydrogen (secondary N) is 1. The summed E-state index contributed by atoms with van der Waals surface area (Å²) in [5.41, 5.74) is -0.367. The van der Waals surface area contributed by atoms with E-state index in [1.807, 2.05) is 0 Å². The quantitative estimate of drug-likeness (QED) is 0.848. The second-order valence-electron chi connectivity index (χ2n) is 6.78. The number of likely N-dealkylation sites (tertiary alicyclic amines) is 1. The number of carbonyl (C=O) groups excluding carboxylic acids is 2. The minimum absolute atomic E-state index is 0.0503. The molecule has 0 aliphatic carbocycles. The molecule has 0 bridgehead atoms. The highest BCUT2D eigenvalue weighted by atomic mass is 19.1. The van der Waals surface area contributed by atoms with Crippen molar-refractivity contribution in [1.82, 2.24) is 10.2 Å². The van der Waals surface area contributed by atoms with Gasteiger partial charge in [-0.25, -0.2) is 4.39 Å². The highest BCUT2D eigenvalue weighted by Gasteiger charge is 2.50. The average molecular weight is 350 g/mol. The van der Waals surface area contributed by atoms with E-state index < -0.39 is 17.3 Å². The van der Waals surface area contributed by atoms with Crippen molar-refractivity contribution in [3.05, 3.63) is 29.6 Å². The minimum atomic E-state index is -0.919. The van der Waals surface area contributed by atoms with E-state index in [0.29, 0.717) is 31.5 Å². The summed E-state index contributed by atoms with van der Waals surface area (Å²) in [6, 6.07) is 4.44. The van der Waals surface area contributed by atoms with E-state index in [1.54, 1.807) is 11.0 Å². The molecule has 2 aliphatic rings. The fraction of sp³-hybridized carbons (Fsp3) is 0.556. The predicted octanol–water partition coefficient (Wildman–Crippen LogP) is 0.866. The summed E-state index contributed by atoms with van der Waals surface area (Å²) >= 11 is 0. The van der Waals surface area contributed by atoms with Crippen LogP contribution in [0.2, 0.25) is 0 Å². The van der Waals surface area contributed by atoms with Crippen LogP contribution in [0.25, 0.3) is 0 Å². The maximum absolute atomic E-state index is 13.8. The van der Waals surface area contributed by atoms with E-state index in [-0.39, 0.29) is 30.5 Å². The van der Waals surface area contributed by atoms with Crippen molar-refractivity contribution in [2.45, 2.75) is 31.8 Å². The summed E-state index contributed by atoms with van der Waals surface area (Å²) in [6.45, 7) is 1.21. The van der Waals surface area contributed by atoms with Crippen molar-refractivity contribution < 1.29 is 23.8 Å². The van der Waals surface area contributed by atoms with Gasteiger partial charge in [-0.3, -0.25) is 9.59 Å². The molecule has 25 heavy (non-hydrogen) atoms. The lowest BCUT2D eigenvalue weighted by Gasteiger charge is -2.46. The number of hydrogen-bond acceptors (Lipinski definition) is 4. The zero-order chi connectivity index (χ0) is 18.0. The lowest BCUT2D eigenvalue weighted by Crippen LogP contribution is -2.62. The van der Waals surface area contributed by atoms with Crippen LogP contribution in [-0.2, 0) is 16.0 Å². The maximum Gasteiger partial charge on any atom is 0.230 e. The molecule has 2 fully saturated rings. The zero-order valence-corrected chi connectivity index (χ0v) is 14.3. The molecular weight excluding hydrogens is 327 g/mol. The Balaban J connectivity index is 1.72. The van der Waals surface area contributed by atoms with Gasteiger partial charge in [0.25, 0.3) is 0 Å². The van der Waals surface area contributed by atoms with E-state index >= 15 is 0 Å². The number of carbonyl (C=O) groups is 2. The van der Waals surface area contributed by atoms with E-state index in [1.165, 1.54) is 19.2 Å². The second kappa shape index (κ2) is 7.00. The molecule has 1 aromatic carbocycles. The van der Waals surface area contributed by atoms with Crippen LogP contribution in [0.15, 0.2) is 18.2 Å². The highest BCUT2D eigenvalue weighted by Crippen LogP contribution is 2.37. The highest BCUT2D eigenvalue weighted by molar-refractivity contribution is 5.86. The molecule has 2 N–H and O–H groups in total. The number of ether oxygens (including phenoxy) is 1. The molecule has 0 saturated carbocycles. The van der Waals surface area contributed by atoms with Crippen LogP contribution in [0.4, 0.5) is 4.39 Å². The number of halogens is 1. The lowest BCUT2D eigenvalue weighted by molar-refractivity contribution is -0.154. The molecule has 2 amide bonds. The van der Waals surface area contributed by atoms with E-state index in [9.17, 15) is 19.1 Å². The molecule has 3 rings (SSSR count). The standard InChI is InChI=1S/C18H23FN2O4/c1-25-14-4-3-12(9-13(14)19)10-16(23)21-8-5-15(22)18(11-21)6-2-7-20-17(18)24/h3-4,9,15,22H,2,5-8,10-11H2,1H3,(H,20,24)/t15-,18+/m0/s1. The van der Waals surface area contributed by atoms with Gasteiger partial charge in [0, 0.05) is 19.6 Å². The number of nitrogens with zero attached hydrogens (tertiary/aromatic N) is 1. The Morgan fingerprint density at radius 2 is 2.32 bits per heavy atom. The molecule has 1 aromatic rings. The van der Waals surface area contributed by atoms with Gasteiger partial charge in [-0.05, 0) is 37.0 Å². The van der Waals surface area contributed by atoms with Crippen molar-refractivity contribution in [2.24, 2.45) is 5.41 Å². The Morgan fingerprint density at radius 1 is 1.52 bits per heavy atom. The molecule has 2 atom stereocenters. The Bertz CT molecular complexity index is 681. The number of aliphatic hydroxyl groups excluding tert-OH is 1. The number of methoxy groups -OCH3 is 1. The van der Waals surface area contributed by atoms with Gasteiger partial charge in [-0.2, -0.15) is 0 Å². The van der Waals surface area contributed by atoms with Crippen molar-refractivity contribution in [1.29, 1.82) is 0 Å². The summed E-state index contributed by atoms with van der Waals surface area (Å²) < 4.78 is 18.7. The van der Waals surface area contributed by atoms with Gasteiger partial charge < -0.3 is 20.1 Å². The molecule has 2 aliphatic heterocycles. The number of rotatable bonds is 3. The Morgan fingerprint density at radius 3 is 3.00 bits per heavy atom. The van der Waals surface area contributed by atoms with Gasteiger partial charge in [-0.15, -0.1) is 0 Å². The Hall–Kier alpha value is -2.15. The third kappa shape index (κ3) is 3.33. The fourth-order valence-electron chi connectivity index (χ4n) is 3.76. The zero-order valence-electron chi connectivity index (χ0n) is 14.3. The van der Waals surface area contributed by atoms with E-state index in [2.05, 4.69) is 5.32 Å². The molecular formula is C18H23FN2O4. The average Bonchev–Trinajstić information content (AvgIpc) is 2.60. The van der Waals surface area contributed by atoms with Gasteiger partial charge in [0.2, 0.25) is 11.8 Å². The third-order valence-corrected chi connectivity index (χ3v) is 5.25. The first-order valence-corrected chi connectivity index (χ1v) is 8.53. The molecule has 0 unspecified atom stereocenters. The van der Waals surface area contributed by atoms with Crippen LogP contribution >= 0.6 is 0 Å². The van der Waals surface area contributed by atoms with E-state index in [0.717, 1.165) is 6.42 Å². The first-order chi connectivity index (χ1) is 12.0. The Labute approximate surface area is 146 Å². The monoisotopic (exact) mass is 350 g/mol. The van der Waals surface area contributed by atoms with Crippen molar-refractivity contribution in [3.63, 3.8) is 0 Å². The van der Waals surface area contributed by atoms with Crippen molar-refractivity contribution in [2.75, 3.05) is 26.7 Å². The van der Waals surface area contributed by atoms with Crippen LogP contribution in [0.1, 0.15) is 24.8 Å². The minimum Gasteiger partial charge on any atom is -0.494 e. The smallest absolute Gasteiger partial charge is 0.230 e. The van der Waals surface area contributed by atoms with Gasteiger partial charge in [0.15, 0.2) is 11.6 Å². The van der Waals surface area contributed by atoms with Crippen LogP contribution in [0, 0.1) is 11.2 Å². The number of benzene rings is 1. The maximum atomic E-state index is 13.8. The van der Waals surface area contributed by atoms with Gasteiger partial charge in [0.05, 0.1) is 25.0 Å². The molecule has 0 radical (unpaired) electrons. The summed E-state index contributed by atoms with van der Waals surface area (Å²) in [7, 11) is 1.39. The first kappa shape index (κ1) is 17.7. The van der Waals surface area contributed by atoms with Gasteiger partial charge >= 0.3 is 0 Å². The number of amides is 2. The molecule has 2 heterocycles. The SMILES string of the molecule is COc1ccc(CC(=O)N2CC[C@H](O)[C@@]3(CCCNC3=O)C2)cc1F. The predicted molar refractivity (Wildman–Crippen MR) is 88.5 cm³/mol. The summed E-state index contributed by atoms with van der Waals surface area (Å²) in [5.74, 6) is -0.728. The topological polar surface area (TPSA) is 78.9 Å². The van der Waals surface area contributed by atoms with Crippen LogP contribution in [0.5, 0.6) is 5.75 Å². The second-order valence-corrected chi connectivity index (χ2v) is 6.78. The molecule has 136 valence electrons. The lowest BCUT2D eigenvalue weighted by atomic mass is 9.71. The van der Waals surface area contributed by atoms with Gasteiger partial charge in [0.1, 0.15) is 0 Å². The Kier molecular flexibility index (Phi) is 4.94. The number of aliphatic hydroxyl groups is 1. The van der Waals surface area contributed by atoms with Crippen LogP contribution in [0.3, 0.4) is 0 Å². The molecule has 0 aromatic heterocycles. The summed E-state index contributed by atoms with van der Waals surface area (Å²) in [5, 5.41) is 13.2. The largest absolute Gasteiger partial charge is 0.494 e. The summed E-state index contributed by atoms with van der Waals surface area (Å²) in [6.07, 6.45) is 1.04. The van der Waals surface area contributed by atoms with Crippen molar-refractivity contribution in [3.8, 4) is 5.75 Å². The molecule has 7 heteroatoms. The number of hydrogen-bond donors (Lipinski definition) is 2. The fourth-order valence-corrected chi connectivity index (χ4v) is 3.76. The third-order valence-electron chi connectivity index (χ3n) is 5.25. The first-order valence-electron chi connectivity index (χ1n) is 8.53. The number of piperidine rings is 2. The van der Waals surface area contributed by atoms with E-state index in [4.69, 9.17) is 4.74 Å². The van der Waals surface area contributed by atoms with Crippen LogP contribution < -0.4 is 10.1 Å². The molecule has 2 saturated heterocycles. The molecule has 1 spiro atoms. The molecule has 6 nitrogen and oxygen atoms in total. The van der Waals surface area contributed by atoms with Crippen molar-refractivity contribution >= 4 is 11.8 Å².